The van der Waals surface area contributed by atoms with E-state index in [0.717, 1.165) is 42.8 Å². The lowest BCUT2D eigenvalue weighted by Gasteiger charge is -2.06. The van der Waals surface area contributed by atoms with E-state index < -0.39 is 0 Å². The number of amides is 1. The molecule has 0 aliphatic carbocycles. The zero-order valence-electron chi connectivity index (χ0n) is 13.0. The van der Waals surface area contributed by atoms with Crippen molar-refractivity contribution in [2.75, 3.05) is 6.54 Å². The van der Waals surface area contributed by atoms with Gasteiger partial charge in [0.15, 0.2) is 0 Å². The van der Waals surface area contributed by atoms with E-state index in [0.29, 0.717) is 0 Å². The molecule has 1 aromatic carbocycles. The fourth-order valence-corrected chi connectivity index (χ4v) is 2.38. The van der Waals surface area contributed by atoms with Gasteiger partial charge in [0.25, 0.3) is 5.91 Å². The highest BCUT2D eigenvalue weighted by atomic mass is 16.1. The van der Waals surface area contributed by atoms with E-state index in [4.69, 9.17) is 0 Å². The second kappa shape index (κ2) is 7.07. The molecular formula is C17H23N3O. The number of aromatic amines is 1. The van der Waals surface area contributed by atoms with Gasteiger partial charge in [-0.2, -0.15) is 5.10 Å². The standard InChI is InChI=1S/C17H23N3O/c1-4-11-18-17(21)15-8-5-14(6-9-15)7-10-16-12(2)19-20-13(16)3/h5-6,8-9H,4,7,10-11H2,1-3H3,(H,18,21)(H,19,20). The normalized spacial score (nSPS) is 10.6. The minimum absolute atomic E-state index is 0.00456. The van der Waals surface area contributed by atoms with E-state index in [9.17, 15) is 4.79 Å². The number of carbonyl (C=O) groups is 1. The lowest BCUT2D eigenvalue weighted by atomic mass is 10.0. The van der Waals surface area contributed by atoms with Gasteiger partial charge < -0.3 is 5.32 Å². The second-order valence-corrected chi connectivity index (χ2v) is 5.37. The maximum Gasteiger partial charge on any atom is 0.251 e. The van der Waals surface area contributed by atoms with Crippen LogP contribution in [0, 0.1) is 13.8 Å². The number of rotatable bonds is 6. The maximum atomic E-state index is 11.8. The summed E-state index contributed by atoms with van der Waals surface area (Å²) in [4.78, 5) is 11.8. The van der Waals surface area contributed by atoms with E-state index in [2.05, 4.69) is 22.4 Å². The third kappa shape index (κ3) is 3.94. The SMILES string of the molecule is CCCNC(=O)c1ccc(CCc2c(C)n[nH]c2C)cc1. The Morgan fingerprint density at radius 1 is 1.19 bits per heavy atom. The number of hydrogen-bond acceptors (Lipinski definition) is 2. The van der Waals surface area contributed by atoms with Crippen LogP contribution in [0.2, 0.25) is 0 Å². The van der Waals surface area contributed by atoms with Crippen LogP contribution in [0.1, 0.15) is 46.2 Å². The van der Waals surface area contributed by atoms with Crippen molar-refractivity contribution in [2.45, 2.75) is 40.0 Å². The summed E-state index contributed by atoms with van der Waals surface area (Å²) in [6.45, 7) is 6.85. The number of carbonyl (C=O) groups excluding carboxylic acids is 1. The smallest absolute Gasteiger partial charge is 0.251 e. The molecule has 0 unspecified atom stereocenters. The van der Waals surface area contributed by atoms with Crippen LogP contribution in [0.5, 0.6) is 0 Å². The molecule has 0 fully saturated rings. The summed E-state index contributed by atoms with van der Waals surface area (Å²) < 4.78 is 0. The van der Waals surface area contributed by atoms with Crippen molar-refractivity contribution in [1.82, 2.24) is 15.5 Å². The molecule has 1 amide bonds. The third-order valence-corrected chi connectivity index (χ3v) is 3.70. The summed E-state index contributed by atoms with van der Waals surface area (Å²) in [7, 11) is 0. The average molecular weight is 285 g/mol. The minimum atomic E-state index is 0.00456. The van der Waals surface area contributed by atoms with Crippen molar-refractivity contribution in [2.24, 2.45) is 0 Å². The van der Waals surface area contributed by atoms with E-state index in [1.807, 2.05) is 38.1 Å². The van der Waals surface area contributed by atoms with Gasteiger partial charge in [0, 0.05) is 17.8 Å². The fourth-order valence-electron chi connectivity index (χ4n) is 2.38. The van der Waals surface area contributed by atoms with E-state index in [1.165, 1.54) is 11.1 Å². The zero-order chi connectivity index (χ0) is 15.2. The molecule has 21 heavy (non-hydrogen) atoms. The largest absolute Gasteiger partial charge is 0.352 e. The Kier molecular flexibility index (Phi) is 5.14. The molecule has 0 saturated heterocycles. The Morgan fingerprint density at radius 3 is 2.48 bits per heavy atom. The van der Waals surface area contributed by atoms with Crippen LogP contribution in [0.25, 0.3) is 0 Å². The first-order chi connectivity index (χ1) is 10.1. The maximum absolute atomic E-state index is 11.8. The van der Waals surface area contributed by atoms with Gasteiger partial charge in [-0.3, -0.25) is 9.89 Å². The number of nitrogens with one attached hydrogen (secondary N) is 2. The molecule has 4 nitrogen and oxygen atoms in total. The highest BCUT2D eigenvalue weighted by molar-refractivity contribution is 5.94. The van der Waals surface area contributed by atoms with Crippen molar-refractivity contribution >= 4 is 5.91 Å². The molecule has 2 N–H and O–H groups in total. The monoisotopic (exact) mass is 285 g/mol. The summed E-state index contributed by atoms with van der Waals surface area (Å²) in [6, 6.07) is 7.86. The van der Waals surface area contributed by atoms with E-state index in [-0.39, 0.29) is 5.91 Å². The van der Waals surface area contributed by atoms with Crippen molar-refractivity contribution in [1.29, 1.82) is 0 Å². The predicted molar refractivity (Wildman–Crippen MR) is 84.5 cm³/mol. The Labute approximate surface area is 126 Å². The highest BCUT2D eigenvalue weighted by Crippen LogP contribution is 2.14. The number of benzene rings is 1. The zero-order valence-corrected chi connectivity index (χ0v) is 13.0. The van der Waals surface area contributed by atoms with Crippen LogP contribution in [0.15, 0.2) is 24.3 Å². The van der Waals surface area contributed by atoms with Gasteiger partial charge in [-0.25, -0.2) is 0 Å². The molecule has 0 saturated carbocycles. The van der Waals surface area contributed by atoms with Crippen molar-refractivity contribution < 1.29 is 4.79 Å². The van der Waals surface area contributed by atoms with E-state index in [1.54, 1.807) is 0 Å². The van der Waals surface area contributed by atoms with Crippen LogP contribution in [-0.4, -0.2) is 22.6 Å². The first-order valence-electron chi connectivity index (χ1n) is 7.49. The molecule has 0 bridgehead atoms. The van der Waals surface area contributed by atoms with Gasteiger partial charge in [-0.05, 0) is 56.4 Å². The Morgan fingerprint density at radius 2 is 1.90 bits per heavy atom. The Balaban J connectivity index is 1.95. The summed E-state index contributed by atoms with van der Waals surface area (Å²) in [6.07, 6.45) is 2.88. The van der Waals surface area contributed by atoms with Crippen molar-refractivity contribution in [3.8, 4) is 0 Å². The predicted octanol–water partition coefficient (Wildman–Crippen LogP) is 2.95. The first-order valence-corrected chi connectivity index (χ1v) is 7.49. The third-order valence-electron chi connectivity index (χ3n) is 3.70. The summed E-state index contributed by atoms with van der Waals surface area (Å²) >= 11 is 0. The molecule has 0 radical (unpaired) electrons. The van der Waals surface area contributed by atoms with Gasteiger partial charge in [-0.15, -0.1) is 0 Å². The van der Waals surface area contributed by atoms with Crippen molar-refractivity contribution in [3.63, 3.8) is 0 Å². The van der Waals surface area contributed by atoms with Gasteiger partial charge in [-0.1, -0.05) is 19.1 Å². The van der Waals surface area contributed by atoms with Crippen LogP contribution in [0.4, 0.5) is 0 Å². The second-order valence-electron chi connectivity index (χ2n) is 5.37. The molecule has 0 spiro atoms. The molecule has 2 rings (SSSR count). The van der Waals surface area contributed by atoms with Gasteiger partial charge in [0.1, 0.15) is 0 Å². The first kappa shape index (κ1) is 15.3. The number of aryl methyl sites for hydroxylation is 3. The average Bonchev–Trinajstić information content (AvgIpc) is 2.82. The van der Waals surface area contributed by atoms with Crippen LogP contribution in [-0.2, 0) is 12.8 Å². The highest BCUT2D eigenvalue weighted by Gasteiger charge is 2.07. The van der Waals surface area contributed by atoms with Crippen LogP contribution < -0.4 is 5.32 Å². The number of nitrogens with zero attached hydrogens (tertiary/aromatic N) is 1. The fraction of sp³-hybridized carbons (Fsp3) is 0.412. The molecule has 1 heterocycles. The molecular weight excluding hydrogens is 262 g/mol. The van der Waals surface area contributed by atoms with Gasteiger partial charge in [0.2, 0.25) is 0 Å². The Bertz CT molecular complexity index is 579. The summed E-state index contributed by atoms with van der Waals surface area (Å²) in [5, 5.41) is 10.1. The number of hydrogen-bond donors (Lipinski definition) is 2. The molecule has 2 aromatic rings. The lowest BCUT2D eigenvalue weighted by molar-refractivity contribution is 0.0953. The topological polar surface area (TPSA) is 57.8 Å². The quantitative estimate of drug-likeness (QED) is 0.857. The molecule has 0 aliphatic rings. The number of H-pyrrole nitrogens is 1. The summed E-state index contributed by atoms with van der Waals surface area (Å²) in [5.41, 5.74) is 5.47. The summed E-state index contributed by atoms with van der Waals surface area (Å²) in [5.74, 6) is 0.00456. The van der Waals surface area contributed by atoms with Gasteiger partial charge >= 0.3 is 0 Å². The van der Waals surface area contributed by atoms with E-state index >= 15 is 0 Å². The molecule has 1 aromatic heterocycles. The van der Waals surface area contributed by atoms with Crippen molar-refractivity contribution in [3.05, 3.63) is 52.3 Å². The molecule has 0 aliphatic heterocycles. The molecule has 0 atom stereocenters. The molecule has 4 heteroatoms. The Hall–Kier alpha value is -2.10. The molecule has 112 valence electrons. The van der Waals surface area contributed by atoms with Gasteiger partial charge in [0.05, 0.1) is 5.69 Å². The lowest BCUT2D eigenvalue weighted by Crippen LogP contribution is -2.23. The minimum Gasteiger partial charge on any atom is -0.352 e. The number of aromatic nitrogens is 2. The van der Waals surface area contributed by atoms with Crippen LogP contribution in [0.3, 0.4) is 0 Å². The van der Waals surface area contributed by atoms with Crippen LogP contribution >= 0.6 is 0 Å².